The lowest BCUT2D eigenvalue weighted by molar-refractivity contribution is 0.553. The van der Waals surface area contributed by atoms with E-state index in [-0.39, 0.29) is 23.0 Å². The molecule has 0 aromatic heterocycles. The molecule has 0 fully saturated rings. The maximum atomic E-state index is 2.53. The number of hydrogen-bond acceptors (Lipinski definition) is 0. The number of hydrogen-bond donors (Lipinski definition) is 0. The van der Waals surface area contributed by atoms with E-state index >= 15 is 0 Å². The molecule has 0 amide bonds. The highest BCUT2D eigenvalue weighted by molar-refractivity contribution is 6.97. The average molecular weight is 615 g/mol. The first-order valence-corrected chi connectivity index (χ1v) is 17.3. The molecular weight excluding hydrogens is 563 g/mol. The van der Waals surface area contributed by atoms with E-state index in [1.807, 2.05) is 0 Å². The van der Waals surface area contributed by atoms with Gasteiger partial charge in [0.1, 0.15) is 0 Å². The summed E-state index contributed by atoms with van der Waals surface area (Å²) >= 11 is 0. The Bertz CT molecular complexity index is 1830. The zero-order valence-electron chi connectivity index (χ0n) is 30.5. The second kappa shape index (κ2) is 11.9. The van der Waals surface area contributed by atoms with Crippen molar-refractivity contribution in [1.82, 2.24) is 0 Å². The SMILES string of the molecule is Cc1ccc(-c2ccc3c(c2)C=Cc2cc(-c4ccc(C)cc4)ccc2B3c2c(C(C)(C)C)cc(C(C)(C)C)cc2C(C)(C)C)cc1. The second-order valence-corrected chi connectivity index (χ2v) is 16.9. The molecule has 0 radical (unpaired) electrons. The van der Waals surface area contributed by atoms with Crippen LogP contribution in [0, 0.1) is 13.8 Å². The molecule has 0 aliphatic carbocycles. The van der Waals surface area contributed by atoms with Crippen molar-refractivity contribution in [1.29, 1.82) is 0 Å². The van der Waals surface area contributed by atoms with Crippen molar-refractivity contribution in [2.45, 2.75) is 92.4 Å². The Kier molecular flexibility index (Phi) is 8.28. The van der Waals surface area contributed by atoms with Crippen LogP contribution in [0.5, 0.6) is 0 Å². The predicted octanol–water partition coefficient (Wildman–Crippen LogP) is 10.5. The monoisotopic (exact) mass is 614 g/mol. The van der Waals surface area contributed by atoms with Gasteiger partial charge < -0.3 is 0 Å². The Labute approximate surface area is 285 Å². The molecule has 1 heteroatoms. The third-order valence-corrected chi connectivity index (χ3v) is 9.96. The molecular formula is C46H51B. The smallest absolute Gasteiger partial charge is 0.0658 e. The van der Waals surface area contributed by atoms with E-state index in [4.69, 9.17) is 0 Å². The van der Waals surface area contributed by atoms with E-state index < -0.39 is 0 Å². The third kappa shape index (κ3) is 6.55. The van der Waals surface area contributed by atoms with Gasteiger partial charge in [0.25, 0.3) is 0 Å². The molecule has 0 unspecified atom stereocenters. The molecule has 1 heterocycles. The van der Waals surface area contributed by atoms with Crippen LogP contribution in [0.3, 0.4) is 0 Å². The van der Waals surface area contributed by atoms with Crippen LogP contribution in [0.2, 0.25) is 0 Å². The highest BCUT2D eigenvalue weighted by Crippen LogP contribution is 2.35. The molecule has 5 aromatic rings. The highest BCUT2D eigenvalue weighted by atomic mass is 14.3. The zero-order chi connectivity index (χ0) is 33.9. The van der Waals surface area contributed by atoms with Crippen LogP contribution in [-0.4, -0.2) is 6.71 Å². The normalized spacial score (nSPS) is 13.3. The lowest BCUT2D eigenvalue weighted by Gasteiger charge is -2.36. The molecule has 0 N–H and O–H groups in total. The van der Waals surface area contributed by atoms with Gasteiger partial charge in [-0.15, -0.1) is 0 Å². The van der Waals surface area contributed by atoms with Crippen molar-refractivity contribution in [2.24, 2.45) is 0 Å². The molecule has 47 heavy (non-hydrogen) atoms. The summed E-state index contributed by atoms with van der Waals surface area (Å²) in [7, 11) is 0. The van der Waals surface area contributed by atoms with Crippen molar-refractivity contribution in [3.63, 3.8) is 0 Å². The van der Waals surface area contributed by atoms with Crippen LogP contribution >= 0.6 is 0 Å². The lowest BCUT2D eigenvalue weighted by atomic mass is 9.33. The fourth-order valence-corrected chi connectivity index (χ4v) is 7.11. The number of aryl methyl sites for hydroxylation is 2. The maximum absolute atomic E-state index is 2.53. The zero-order valence-corrected chi connectivity index (χ0v) is 30.5. The quantitative estimate of drug-likeness (QED) is 0.174. The van der Waals surface area contributed by atoms with E-state index in [0.29, 0.717) is 0 Å². The van der Waals surface area contributed by atoms with E-state index in [1.165, 1.54) is 77.6 Å². The summed E-state index contributed by atoms with van der Waals surface area (Å²) in [6.45, 7) is 25.8. The van der Waals surface area contributed by atoms with Crippen LogP contribution in [0.15, 0.2) is 97.1 Å². The summed E-state index contributed by atoms with van der Waals surface area (Å²) in [5.41, 5.74) is 18.7. The Morgan fingerprint density at radius 1 is 0.404 bits per heavy atom. The summed E-state index contributed by atoms with van der Waals surface area (Å²) in [6.07, 6.45) is 4.73. The third-order valence-electron chi connectivity index (χ3n) is 9.96. The molecule has 0 spiro atoms. The van der Waals surface area contributed by atoms with E-state index in [2.05, 4.69) is 185 Å². The average Bonchev–Trinajstić information content (AvgIpc) is 3.16. The molecule has 0 bridgehead atoms. The van der Waals surface area contributed by atoms with Crippen molar-refractivity contribution < 1.29 is 0 Å². The van der Waals surface area contributed by atoms with Gasteiger partial charge in [-0.25, -0.2) is 0 Å². The molecule has 238 valence electrons. The topological polar surface area (TPSA) is 0 Å². The minimum absolute atomic E-state index is 0.0413. The molecule has 1 aliphatic rings. The van der Waals surface area contributed by atoms with E-state index in [9.17, 15) is 0 Å². The van der Waals surface area contributed by atoms with Gasteiger partial charge in [-0.3, -0.25) is 0 Å². The summed E-state index contributed by atoms with van der Waals surface area (Å²) in [5.74, 6) is 0. The van der Waals surface area contributed by atoms with Crippen molar-refractivity contribution in [3.8, 4) is 22.3 Å². The van der Waals surface area contributed by atoms with Crippen LogP contribution in [-0.2, 0) is 16.2 Å². The van der Waals surface area contributed by atoms with Crippen molar-refractivity contribution >= 4 is 35.3 Å². The van der Waals surface area contributed by atoms with E-state index in [1.54, 1.807) is 0 Å². The number of fused-ring (bicyclic) bond motifs is 2. The standard InChI is InChI=1S/C46H51B/c1-30-12-16-32(17-13-30)34-22-24-41-36(26-34)20-21-37-27-35(33-18-14-31(2)15-19-33)23-25-42(37)47(41)43-39(45(6,7)8)28-38(44(3,4)5)29-40(43)46(9,10)11/h12-29H,1-11H3. The predicted molar refractivity (Wildman–Crippen MR) is 209 cm³/mol. The molecule has 0 saturated heterocycles. The van der Waals surface area contributed by atoms with Gasteiger partial charge in [0.15, 0.2) is 0 Å². The Balaban J connectivity index is 1.68. The summed E-state index contributed by atoms with van der Waals surface area (Å²) in [6, 6.07) is 37.2. The number of rotatable bonds is 3. The van der Waals surface area contributed by atoms with Gasteiger partial charge in [-0.2, -0.15) is 0 Å². The Morgan fingerprint density at radius 3 is 1.11 bits per heavy atom. The Morgan fingerprint density at radius 2 is 0.766 bits per heavy atom. The van der Waals surface area contributed by atoms with Gasteiger partial charge in [0.2, 0.25) is 6.71 Å². The molecule has 1 aliphatic heterocycles. The van der Waals surface area contributed by atoms with Crippen LogP contribution in [0.4, 0.5) is 0 Å². The van der Waals surface area contributed by atoms with Gasteiger partial charge >= 0.3 is 0 Å². The Hall–Kier alpha value is -4.10. The molecule has 0 atom stereocenters. The molecule has 0 saturated carbocycles. The lowest BCUT2D eigenvalue weighted by Crippen LogP contribution is -2.58. The summed E-state index contributed by atoms with van der Waals surface area (Å²) < 4.78 is 0. The van der Waals surface area contributed by atoms with Crippen LogP contribution in [0.1, 0.15) is 101 Å². The van der Waals surface area contributed by atoms with E-state index in [0.717, 1.165) is 0 Å². The first-order chi connectivity index (χ1) is 22.0. The van der Waals surface area contributed by atoms with Crippen molar-refractivity contribution in [3.05, 3.63) is 136 Å². The van der Waals surface area contributed by atoms with Gasteiger partial charge in [0, 0.05) is 0 Å². The summed E-state index contributed by atoms with van der Waals surface area (Å²) in [5, 5.41) is 0. The van der Waals surface area contributed by atoms with Crippen LogP contribution in [0.25, 0.3) is 34.4 Å². The largest absolute Gasteiger partial charge is 0.243 e. The minimum Gasteiger partial charge on any atom is -0.0658 e. The van der Waals surface area contributed by atoms with Gasteiger partial charge in [-0.05, 0) is 92.3 Å². The van der Waals surface area contributed by atoms with Gasteiger partial charge in [-0.1, -0.05) is 187 Å². The maximum Gasteiger partial charge on any atom is 0.243 e. The summed E-state index contributed by atoms with van der Waals surface area (Å²) in [4.78, 5) is 0. The molecule has 0 nitrogen and oxygen atoms in total. The first kappa shape index (κ1) is 32.8. The highest BCUT2D eigenvalue weighted by Gasteiger charge is 2.37. The fourth-order valence-electron chi connectivity index (χ4n) is 7.11. The molecule has 6 rings (SSSR count). The fraction of sp³-hybridized carbons (Fsp3) is 0.304. The van der Waals surface area contributed by atoms with Crippen LogP contribution < -0.4 is 16.4 Å². The second-order valence-electron chi connectivity index (χ2n) is 16.9. The molecule has 5 aromatic carbocycles. The van der Waals surface area contributed by atoms with Crippen molar-refractivity contribution in [2.75, 3.05) is 0 Å². The first-order valence-electron chi connectivity index (χ1n) is 17.3. The number of benzene rings is 5. The minimum atomic E-state index is -0.0413. The van der Waals surface area contributed by atoms with Gasteiger partial charge in [0.05, 0.1) is 0 Å².